The maximum atomic E-state index is 13.0. The van der Waals surface area contributed by atoms with Gasteiger partial charge in [0.1, 0.15) is 12.3 Å². The minimum atomic E-state index is -1.12. The Balaban J connectivity index is 2.34. The number of ether oxygens (including phenoxy) is 1. The van der Waals surface area contributed by atoms with Crippen molar-refractivity contribution in [2.24, 2.45) is 0 Å². The Morgan fingerprint density at radius 3 is 2.88 bits per heavy atom. The number of H-pyrrole nitrogens is 1. The van der Waals surface area contributed by atoms with Crippen LogP contribution in [-0.4, -0.2) is 38.6 Å². The lowest BCUT2D eigenvalue weighted by Gasteiger charge is -2.13. The minimum absolute atomic E-state index is 0.0383. The van der Waals surface area contributed by atoms with Crippen molar-refractivity contribution in [2.75, 3.05) is 6.61 Å². The van der Waals surface area contributed by atoms with E-state index >= 15 is 0 Å². The summed E-state index contributed by atoms with van der Waals surface area (Å²) < 4.78 is 19.0. The van der Waals surface area contributed by atoms with Gasteiger partial charge in [-0.2, -0.15) is 4.39 Å². The van der Waals surface area contributed by atoms with E-state index in [-0.39, 0.29) is 6.42 Å². The van der Waals surface area contributed by atoms with Crippen LogP contribution in [0.1, 0.15) is 12.6 Å². The van der Waals surface area contributed by atoms with Gasteiger partial charge < -0.3 is 14.9 Å². The Labute approximate surface area is 94.1 Å². The second kappa shape index (κ2) is 4.40. The summed E-state index contributed by atoms with van der Waals surface area (Å²) in [7, 11) is 0. The first-order valence-corrected chi connectivity index (χ1v) is 4.98. The van der Waals surface area contributed by atoms with E-state index in [1.807, 2.05) is 0 Å². The molecule has 1 aliphatic rings. The topological polar surface area (TPSA) is 105 Å². The van der Waals surface area contributed by atoms with Crippen LogP contribution in [-0.2, 0) is 4.74 Å². The molecular weight excluding hydrogens is 235 g/mol. The van der Waals surface area contributed by atoms with Crippen LogP contribution >= 0.6 is 0 Å². The molecule has 2 heterocycles. The zero-order valence-corrected chi connectivity index (χ0v) is 8.67. The van der Waals surface area contributed by atoms with Gasteiger partial charge in [-0.1, -0.05) is 0 Å². The van der Waals surface area contributed by atoms with Crippen molar-refractivity contribution in [3.8, 4) is 0 Å². The van der Waals surface area contributed by atoms with Gasteiger partial charge in [-0.3, -0.25) is 14.3 Å². The molecule has 1 unspecified atom stereocenters. The van der Waals surface area contributed by atoms with E-state index in [0.29, 0.717) is 0 Å². The van der Waals surface area contributed by atoms with E-state index in [2.05, 4.69) is 0 Å². The molecule has 0 spiro atoms. The molecule has 1 aromatic rings. The van der Waals surface area contributed by atoms with Crippen molar-refractivity contribution >= 4 is 0 Å². The van der Waals surface area contributed by atoms with Crippen LogP contribution in [0, 0.1) is 5.82 Å². The fraction of sp³-hybridized carbons (Fsp3) is 0.556. The van der Waals surface area contributed by atoms with Crippen LogP contribution < -0.4 is 11.2 Å². The van der Waals surface area contributed by atoms with Crippen LogP contribution in [0.5, 0.6) is 0 Å². The lowest BCUT2D eigenvalue weighted by Crippen LogP contribution is -2.34. The molecule has 3 atom stereocenters. The van der Waals surface area contributed by atoms with Gasteiger partial charge in [0.15, 0.2) is 0 Å². The molecule has 0 saturated carbocycles. The highest BCUT2D eigenvalue weighted by Gasteiger charge is 2.35. The molecule has 1 saturated heterocycles. The first-order valence-electron chi connectivity index (χ1n) is 4.98. The third kappa shape index (κ3) is 2.14. The third-order valence-electron chi connectivity index (χ3n) is 2.62. The summed E-state index contributed by atoms with van der Waals surface area (Å²) >= 11 is 0. The molecule has 2 rings (SSSR count). The number of nitrogens with one attached hydrogen (secondary N) is 1. The largest absolute Gasteiger partial charge is 0.394 e. The number of aliphatic hydroxyl groups excluding tert-OH is 2. The molecule has 1 aromatic heterocycles. The molecule has 0 bridgehead atoms. The Kier molecular flexibility index (Phi) is 3.09. The Morgan fingerprint density at radius 1 is 1.59 bits per heavy atom. The normalized spacial score (nSPS) is 28.5. The van der Waals surface area contributed by atoms with Gasteiger partial charge in [0.25, 0.3) is 5.56 Å². The Hall–Kier alpha value is -1.51. The van der Waals surface area contributed by atoms with Crippen LogP contribution in [0.3, 0.4) is 0 Å². The molecule has 8 heteroatoms. The van der Waals surface area contributed by atoms with Crippen molar-refractivity contribution < 1.29 is 19.3 Å². The van der Waals surface area contributed by atoms with Crippen molar-refractivity contribution in [3.63, 3.8) is 0 Å². The quantitative estimate of drug-likeness (QED) is 0.578. The van der Waals surface area contributed by atoms with Crippen molar-refractivity contribution in [2.45, 2.75) is 24.9 Å². The highest BCUT2D eigenvalue weighted by Crippen LogP contribution is 2.26. The second-order valence-electron chi connectivity index (χ2n) is 3.76. The minimum Gasteiger partial charge on any atom is -0.394 e. The summed E-state index contributed by atoms with van der Waals surface area (Å²) in [5.41, 5.74) is -1.93. The molecule has 1 aliphatic heterocycles. The van der Waals surface area contributed by atoms with Gasteiger partial charge in [0.2, 0.25) is 5.82 Å². The number of hydrogen-bond donors (Lipinski definition) is 3. The Bertz CT molecular complexity index is 525. The van der Waals surface area contributed by atoms with Gasteiger partial charge in [-0.05, 0) is 0 Å². The van der Waals surface area contributed by atoms with Crippen molar-refractivity contribution in [1.82, 2.24) is 9.55 Å². The maximum Gasteiger partial charge on any atom is 0.330 e. The van der Waals surface area contributed by atoms with Crippen molar-refractivity contribution in [3.05, 3.63) is 32.9 Å². The monoisotopic (exact) mass is 246 g/mol. The number of nitrogens with zero attached hydrogens (tertiary/aromatic N) is 1. The van der Waals surface area contributed by atoms with Gasteiger partial charge in [0.05, 0.1) is 18.9 Å². The highest BCUT2D eigenvalue weighted by molar-refractivity contribution is 4.90. The number of halogens is 1. The maximum absolute atomic E-state index is 13.0. The van der Waals surface area contributed by atoms with Crippen LogP contribution in [0.15, 0.2) is 15.8 Å². The average molecular weight is 246 g/mol. The van der Waals surface area contributed by atoms with Crippen LogP contribution in [0.2, 0.25) is 0 Å². The average Bonchev–Trinajstić information content (AvgIpc) is 2.65. The smallest absolute Gasteiger partial charge is 0.330 e. The first-order chi connectivity index (χ1) is 8.02. The molecule has 1 fully saturated rings. The zero-order valence-electron chi connectivity index (χ0n) is 8.67. The molecule has 0 aliphatic carbocycles. The fourth-order valence-electron chi connectivity index (χ4n) is 1.72. The number of rotatable bonds is 2. The van der Waals surface area contributed by atoms with Crippen LogP contribution in [0.25, 0.3) is 0 Å². The molecule has 7 nitrogen and oxygen atoms in total. The predicted molar refractivity (Wildman–Crippen MR) is 52.9 cm³/mol. The van der Waals surface area contributed by atoms with Gasteiger partial charge in [0, 0.05) is 6.42 Å². The fourth-order valence-corrected chi connectivity index (χ4v) is 1.72. The molecule has 17 heavy (non-hydrogen) atoms. The molecule has 3 N–H and O–H groups in total. The highest BCUT2D eigenvalue weighted by atomic mass is 19.1. The summed E-state index contributed by atoms with van der Waals surface area (Å²) in [6.07, 6.45) is -1.90. The third-order valence-corrected chi connectivity index (χ3v) is 2.62. The zero-order chi connectivity index (χ0) is 12.6. The number of aromatic amines is 1. The number of aliphatic hydroxyl groups is 2. The molecule has 0 radical (unpaired) electrons. The van der Waals surface area contributed by atoms with E-state index in [1.165, 1.54) is 0 Å². The van der Waals surface area contributed by atoms with E-state index in [4.69, 9.17) is 9.84 Å². The Morgan fingerprint density at radius 2 is 2.29 bits per heavy atom. The van der Waals surface area contributed by atoms with E-state index in [9.17, 15) is 19.1 Å². The number of aromatic nitrogens is 2. The molecule has 0 amide bonds. The van der Waals surface area contributed by atoms with Gasteiger partial charge in [-0.25, -0.2) is 4.79 Å². The SMILES string of the molecule is O=c1[nH]c(=O)n(C2C[C@H](O)[C@H](CO)O2)cc1F. The summed E-state index contributed by atoms with van der Waals surface area (Å²) in [5.74, 6) is -1.12. The van der Waals surface area contributed by atoms with Crippen molar-refractivity contribution in [1.29, 1.82) is 0 Å². The van der Waals surface area contributed by atoms with E-state index in [0.717, 1.165) is 10.8 Å². The molecular formula is C9H11FN2O5. The second-order valence-corrected chi connectivity index (χ2v) is 3.76. The lowest BCUT2D eigenvalue weighted by atomic mass is 10.2. The van der Waals surface area contributed by atoms with Gasteiger partial charge in [-0.15, -0.1) is 0 Å². The summed E-state index contributed by atoms with van der Waals surface area (Å²) in [6.45, 7) is -0.405. The molecule has 0 aromatic carbocycles. The first kappa shape index (κ1) is 12.0. The predicted octanol–water partition coefficient (Wildman–Crippen LogP) is -1.68. The lowest BCUT2D eigenvalue weighted by molar-refractivity contribution is -0.0462. The van der Waals surface area contributed by atoms with E-state index in [1.54, 1.807) is 4.98 Å². The van der Waals surface area contributed by atoms with Crippen LogP contribution in [0.4, 0.5) is 4.39 Å². The number of hydrogen-bond acceptors (Lipinski definition) is 5. The van der Waals surface area contributed by atoms with Gasteiger partial charge >= 0.3 is 5.69 Å². The standard InChI is InChI=1S/C9H11FN2O5/c10-4-2-12(9(16)11-8(4)15)7-1-5(14)6(3-13)17-7/h2,5-7,13-14H,1,3H2,(H,11,15,16)/t5-,6-,7?/m0/s1. The van der Waals surface area contributed by atoms with E-state index < -0.39 is 42.1 Å². The molecule has 94 valence electrons. The summed E-state index contributed by atoms with van der Waals surface area (Å²) in [5, 5.41) is 18.3. The summed E-state index contributed by atoms with van der Waals surface area (Å²) in [6, 6.07) is 0. The summed E-state index contributed by atoms with van der Waals surface area (Å²) in [4.78, 5) is 24.0.